The van der Waals surface area contributed by atoms with Crippen LogP contribution in [0, 0.1) is 0 Å². The number of hydrogen-bond donors (Lipinski definition) is 1. The molecule has 2 amide bonds. The molecular weight excluding hydrogens is 256 g/mol. The second-order valence-corrected chi connectivity index (χ2v) is 5.18. The van der Waals surface area contributed by atoms with E-state index in [9.17, 15) is 9.59 Å². The van der Waals surface area contributed by atoms with Crippen LogP contribution in [-0.4, -0.2) is 49.6 Å². The van der Waals surface area contributed by atoms with Crippen LogP contribution in [0.15, 0.2) is 18.2 Å². The first-order chi connectivity index (χ1) is 9.75. The molecule has 0 radical (unpaired) electrons. The number of nitrogens with zero attached hydrogens (tertiary/aromatic N) is 1. The molecule has 1 N–H and O–H groups in total. The number of morpholine rings is 1. The zero-order valence-electron chi connectivity index (χ0n) is 11.4. The van der Waals surface area contributed by atoms with Gasteiger partial charge in [0.2, 0.25) is 0 Å². The first kappa shape index (κ1) is 13.3. The van der Waals surface area contributed by atoms with Gasteiger partial charge in [-0.3, -0.25) is 19.8 Å². The van der Waals surface area contributed by atoms with Crippen LogP contribution in [0.5, 0.6) is 0 Å². The summed E-state index contributed by atoms with van der Waals surface area (Å²) in [5.74, 6) is -0.535. The van der Waals surface area contributed by atoms with Crippen molar-refractivity contribution in [1.29, 1.82) is 0 Å². The number of aryl methyl sites for hydroxylation is 1. The van der Waals surface area contributed by atoms with E-state index >= 15 is 0 Å². The van der Waals surface area contributed by atoms with Crippen molar-refractivity contribution in [1.82, 2.24) is 10.2 Å². The molecule has 1 saturated heterocycles. The average molecular weight is 274 g/mol. The molecule has 5 nitrogen and oxygen atoms in total. The highest BCUT2D eigenvalue weighted by atomic mass is 16.5. The molecule has 0 spiro atoms. The lowest BCUT2D eigenvalue weighted by Gasteiger charge is -2.26. The number of fused-ring (bicyclic) bond motifs is 1. The number of benzene rings is 1. The number of imide groups is 1. The summed E-state index contributed by atoms with van der Waals surface area (Å²) in [6.07, 6.45) is 1.80. The molecule has 20 heavy (non-hydrogen) atoms. The fraction of sp³-hybridized carbons (Fsp3) is 0.467. The molecule has 0 atom stereocenters. The van der Waals surface area contributed by atoms with Crippen LogP contribution in [0.1, 0.15) is 32.7 Å². The lowest BCUT2D eigenvalue weighted by molar-refractivity contribution is 0.0374. The summed E-state index contributed by atoms with van der Waals surface area (Å²) in [6.45, 7) is 4.57. The minimum absolute atomic E-state index is 0.257. The quantitative estimate of drug-likeness (QED) is 0.826. The van der Waals surface area contributed by atoms with E-state index in [1.807, 2.05) is 12.1 Å². The molecule has 5 heteroatoms. The highest BCUT2D eigenvalue weighted by Gasteiger charge is 2.28. The van der Waals surface area contributed by atoms with Crippen LogP contribution in [0.3, 0.4) is 0 Å². The number of ether oxygens (including phenoxy) is 1. The van der Waals surface area contributed by atoms with Crippen LogP contribution >= 0.6 is 0 Å². The number of hydrogen-bond acceptors (Lipinski definition) is 4. The monoisotopic (exact) mass is 274 g/mol. The number of carbonyl (C=O) groups excluding carboxylic acids is 2. The summed E-state index contributed by atoms with van der Waals surface area (Å²) in [5, 5.41) is 2.36. The lowest BCUT2D eigenvalue weighted by Crippen LogP contribution is -2.37. The van der Waals surface area contributed by atoms with E-state index in [0.29, 0.717) is 11.1 Å². The Morgan fingerprint density at radius 2 is 1.95 bits per heavy atom. The van der Waals surface area contributed by atoms with Gasteiger partial charge in [-0.05, 0) is 31.0 Å². The number of nitrogens with one attached hydrogen (secondary N) is 1. The van der Waals surface area contributed by atoms with Crippen LogP contribution in [-0.2, 0) is 11.2 Å². The third-order valence-electron chi connectivity index (χ3n) is 3.87. The van der Waals surface area contributed by atoms with E-state index in [1.54, 1.807) is 6.07 Å². The topological polar surface area (TPSA) is 58.6 Å². The van der Waals surface area contributed by atoms with Crippen molar-refractivity contribution in [2.45, 2.75) is 12.8 Å². The zero-order valence-corrected chi connectivity index (χ0v) is 11.4. The SMILES string of the molecule is O=C1NC(=O)c2c(CCCN3CCOCC3)cccc21. The van der Waals surface area contributed by atoms with E-state index in [1.165, 1.54) is 0 Å². The summed E-state index contributed by atoms with van der Waals surface area (Å²) < 4.78 is 5.32. The summed E-state index contributed by atoms with van der Waals surface area (Å²) in [7, 11) is 0. The largest absolute Gasteiger partial charge is 0.379 e. The lowest BCUT2D eigenvalue weighted by atomic mass is 9.99. The fourth-order valence-corrected chi connectivity index (χ4v) is 2.82. The Labute approximate surface area is 117 Å². The number of carbonyl (C=O) groups is 2. The Balaban J connectivity index is 1.63. The van der Waals surface area contributed by atoms with Gasteiger partial charge in [-0.2, -0.15) is 0 Å². The minimum Gasteiger partial charge on any atom is -0.379 e. The van der Waals surface area contributed by atoms with Crippen LogP contribution in [0.2, 0.25) is 0 Å². The molecule has 0 bridgehead atoms. The van der Waals surface area contributed by atoms with Crippen molar-refractivity contribution in [3.63, 3.8) is 0 Å². The maximum Gasteiger partial charge on any atom is 0.259 e. The normalized spacial score (nSPS) is 19.0. The molecule has 106 valence electrons. The van der Waals surface area contributed by atoms with E-state index in [4.69, 9.17) is 4.74 Å². The molecule has 0 aliphatic carbocycles. The smallest absolute Gasteiger partial charge is 0.259 e. The second kappa shape index (κ2) is 5.73. The van der Waals surface area contributed by atoms with Crippen molar-refractivity contribution in [2.75, 3.05) is 32.8 Å². The molecule has 1 fully saturated rings. The minimum atomic E-state index is -0.278. The van der Waals surface area contributed by atoms with Gasteiger partial charge in [0.15, 0.2) is 0 Å². The van der Waals surface area contributed by atoms with Gasteiger partial charge in [-0.1, -0.05) is 12.1 Å². The van der Waals surface area contributed by atoms with Gasteiger partial charge < -0.3 is 4.74 Å². The van der Waals surface area contributed by atoms with Crippen molar-refractivity contribution in [3.05, 3.63) is 34.9 Å². The van der Waals surface area contributed by atoms with Gasteiger partial charge in [0, 0.05) is 13.1 Å². The summed E-state index contributed by atoms with van der Waals surface area (Å²) >= 11 is 0. The van der Waals surface area contributed by atoms with Gasteiger partial charge in [0.25, 0.3) is 11.8 Å². The molecule has 0 aromatic heterocycles. The maximum atomic E-state index is 11.8. The van der Waals surface area contributed by atoms with Gasteiger partial charge in [0.05, 0.1) is 24.3 Å². The van der Waals surface area contributed by atoms with E-state index in [-0.39, 0.29) is 11.8 Å². The number of rotatable bonds is 4. The van der Waals surface area contributed by atoms with E-state index < -0.39 is 0 Å². The predicted octanol–water partition coefficient (Wildman–Crippen LogP) is 0.835. The Morgan fingerprint density at radius 3 is 2.75 bits per heavy atom. The van der Waals surface area contributed by atoms with Crippen LogP contribution < -0.4 is 5.32 Å². The first-order valence-electron chi connectivity index (χ1n) is 7.03. The van der Waals surface area contributed by atoms with Crippen LogP contribution in [0.25, 0.3) is 0 Å². The summed E-state index contributed by atoms with van der Waals surface area (Å²) in [4.78, 5) is 25.8. The van der Waals surface area contributed by atoms with Crippen molar-refractivity contribution in [2.24, 2.45) is 0 Å². The highest BCUT2D eigenvalue weighted by molar-refractivity contribution is 6.22. The predicted molar refractivity (Wildman–Crippen MR) is 73.8 cm³/mol. The Kier molecular flexibility index (Phi) is 3.80. The third-order valence-corrected chi connectivity index (χ3v) is 3.87. The van der Waals surface area contributed by atoms with Gasteiger partial charge in [-0.25, -0.2) is 0 Å². The Hall–Kier alpha value is -1.72. The number of amides is 2. The molecule has 2 aliphatic heterocycles. The van der Waals surface area contributed by atoms with Gasteiger partial charge >= 0.3 is 0 Å². The van der Waals surface area contributed by atoms with Crippen molar-refractivity contribution < 1.29 is 14.3 Å². The molecule has 2 aliphatic rings. The van der Waals surface area contributed by atoms with Crippen molar-refractivity contribution in [3.8, 4) is 0 Å². The highest BCUT2D eigenvalue weighted by Crippen LogP contribution is 2.21. The molecule has 1 aromatic carbocycles. The van der Waals surface area contributed by atoms with Gasteiger partial charge in [-0.15, -0.1) is 0 Å². The Morgan fingerprint density at radius 1 is 1.15 bits per heavy atom. The molecule has 0 saturated carbocycles. The molecule has 1 aromatic rings. The summed E-state index contributed by atoms with van der Waals surface area (Å²) in [6, 6.07) is 5.50. The second-order valence-electron chi connectivity index (χ2n) is 5.18. The molecular formula is C15H18N2O3. The van der Waals surface area contributed by atoms with Crippen LogP contribution in [0.4, 0.5) is 0 Å². The average Bonchev–Trinajstić information content (AvgIpc) is 2.76. The van der Waals surface area contributed by atoms with Gasteiger partial charge in [0.1, 0.15) is 0 Å². The third kappa shape index (κ3) is 2.59. The zero-order chi connectivity index (χ0) is 13.9. The maximum absolute atomic E-state index is 11.8. The standard InChI is InChI=1S/C15H18N2O3/c18-14-12-5-1-3-11(13(12)15(19)16-14)4-2-6-17-7-9-20-10-8-17/h1,3,5H,2,4,6-10H2,(H,16,18,19). The van der Waals surface area contributed by atoms with E-state index in [2.05, 4.69) is 10.2 Å². The van der Waals surface area contributed by atoms with Crippen molar-refractivity contribution >= 4 is 11.8 Å². The molecule has 0 unspecified atom stereocenters. The first-order valence-corrected chi connectivity index (χ1v) is 7.03. The molecule has 2 heterocycles. The fourth-order valence-electron chi connectivity index (χ4n) is 2.82. The summed E-state index contributed by atoms with van der Waals surface area (Å²) in [5.41, 5.74) is 2.05. The molecule has 3 rings (SSSR count). The van der Waals surface area contributed by atoms with E-state index in [0.717, 1.165) is 51.3 Å². The Bertz CT molecular complexity index is 536.